The minimum Gasteiger partial charge on any atom is -0.298 e. The van der Waals surface area contributed by atoms with Crippen molar-refractivity contribution in [2.24, 2.45) is 0 Å². The Morgan fingerprint density at radius 1 is 1.43 bits per heavy atom. The van der Waals surface area contributed by atoms with Crippen LogP contribution in [0.15, 0.2) is 24.4 Å². The molecule has 0 bridgehead atoms. The van der Waals surface area contributed by atoms with Gasteiger partial charge in [-0.25, -0.2) is 0 Å². The second-order valence-corrected chi connectivity index (χ2v) is 3.61. The van der Waals surface area contributed by atoms with Gasteiger partial charge in [0.15, 0.2) is 6.29 Å². The third-order valence-electron chi connectivity index (χ3n) is 2.24. The van der Waals surface area contributed by atoms with Crippen molar-refractivity contribution in [2.45, 2.75) is 19.9 Å². The number of benzene rings is 1. The lowest BCUT2D eigenvalue weighted by Crippen LogP contribution is -2.00. The molecule has 1 aromatic carbocycles. The molecule has 3 heteroatoms. The molecule has 1 heterocycles. The van der Waals surface area contributed by atoms with E-state index in [2.05, 4.69) is 18.9 Å². The molecule has 3 nitrogen and oxygen atoms in total. The van der Waals surface area contributed by atoms with Crippen LogP contribution in [0.4, 0.5) is 0 Å². The van der Waals surface area contributed by atoms with Crippen LogP contribution >= 0.6 is 0 Å². The molecule has 0 amide bonds. The monoisotopic (exact) mass is 188 g/mol. The average molecular weight is 188 g/mol. The standard InChI is InChI=1S/C11H12N2O/c1-8(2)13-6-9-4-3-5-10(7-14)11(9)12-13/h3-8H,1-2H3. The molecule has 0 fully saturated rings. The first-order valence-electron chi connectivity index (χ1n) is 4.65. The molecule has 14 heavy (non-hydrogen) atoms. The van der Waals surface area contributed by atoms with E-state index < -0.39 is 0 Å². The fraction of sp³-hybridized carbons (Fsp3) is 0.273. The molecular formula is C11H12N2O. The van der Waals surface area contributed by atoms with Crippen molar-refractivity contribution in [1.29, 1.82) is 0 Å². The summed E-state index contributed by atoms with van der Waals surface area (Å²) in [5.74, 6) is 0. The lowest BCUT2D eigenvalue weighted by Gasteiger charge is -2.02. The average Bonchev–Trinajstić information content (AvgIpc) is 2.60. The highest BCUT2D eigenvalue weighted by molar-refractivity contribution is 5.95. The third kappa shape index (κ3) is 1.31. The lowest BCUT2D eigenvalue weighted by molar-refractivity contribution is 0.112. The molecule has 0 unspecified atom stereocenters. The van der Waals surface area contributed by atoms with Gasteiger partial charge in [0.25, 0.3) is 0 Å². The first kappa shape index (κ1) is 8.94. The molecule has 72 valence electrons. The molecule has 0 aliphatic heterocycles. The Kier molecular flexibility index (Phi) is 2.08. The van der Waals surface area contributed by atoms with Crippen LogP contribution in [0, 0.1) is 0 Å². The van der Waals surface area contributed by atoms with Gasteiger partial charge in [0.1, 0.15) is 5.52 Å². The smallest absolute Gasteiger partial charge is 0.152 e. The first-order chi connectivity index (χ1) is 6.72. The second kappa shape index (κ2) is 3.25. The maximum Gasteiger partial charge on any atom is 0.152 e. The van der Waals surface area contributed by atoms with Gasteiger partial charge < -0.3 is 0 Å². The first-order valence-corrected chi connectivity index (χ1v) is 4.65. The fourth-order valence-electron chi connectivity index (χ4n) is 1.45. The van der Waals surface area contributed by atoms with E-state index in [9.17, 15) is 4.79 Å². The van der Waals surface area contributed by atoms with E-state index in [1.54, 1.807) is 6.07 Å². The van der Waals surface area contributed by atoms with Crippen molar-refractivity contribution in [2.75, 3.05) is 0 Å². The predicted molar refractivity (Wildman–Crippen MR) is 55.5 cm³/mol. The lowest BCUT2D eigenvalue weighted by atomic mass is 10.2. The van der Waals surface area contributed by atoms with Crippen molar-refractivity contribution in [3.63, 3.8) is 0 Å². The van der Waals surface area contributed by atoms with Gasteiger partial charge in [0, 0.05) is 23.2 Å². The number of fused-ring (bicyclic) bond motifs is 1. The highest BCUT2D eigenvalue weighted by atomic mass is 16.1. The Morgan fingerprint density at radius 2 is 2.21 bits per heavy atom. The minimum absolute atomic E-state index is 0.321. The quantitative estimate of drug-likeness (QED) is 0.678. The van der Waals surface area contributed by atoms with Crippen LogP contribution in [0.25, 0.3) is 10.9 Å². The van der Waals surface area contributed by atoms with E-state index >= 15 is 0 Å². The van der Waals surface area contributed by atoms with E-state index in [4.69, 9.17) is 0 Å². The highest BCUT2D eigenvalue weighted by Gasteiger charge is 2.06. The van der Waals surface area contributed by atoms with Gasteiger partial charge in [-0.15, -0.1) is 0 Å². The Bertz CT molecular complexity index is 471. The van der Waals surface area contributed by atoms with Crippen LogP contribution in [0.2, 0.25) is 0 Å². The molecule has 0 atom stereocenters. The third-order valence-corrected chi connectivity index (χ3v) is 2.24. The van der Waals surface area contributed by atoms with E-state index in [1.165, 1.54) is 0 Å². The summed E-state index contributed by atoms with van der Waals surface area (Å²) in [5.41, 5.74) is 1.44. The van der Waals surface area contributed by atoms with E-state index in [0.717, 1.165) is 17.2 Å². The van der Waals surface area contributed by atoms with Crippen molar-refractivity contribution in [3.8, 4) is 0 Å². The van der Waals surface area contributed by atoms with Crippen molar-refractivity contribution >= 4 is 17.2 Å². The molecule has 2 aromatic rings. The summed E-state index contributed by atoms with van der Waals surface area (Å²) < 4.78 is 1.87. The van der Waals surface area contributed by atoms with Crippen LogP contribution in [0.1, 0.15) is 30.2 Å². The number of carbonyl (C=O) groups excluding carboxylic acids is 1. The summed E-state index contributed by atoms with van der Waals surface area (Å²) in [6.45, 7) is 4.12. The zero-order chi connectivity index (χ0) is 10.1. The molecule has 0 aliphatic carbocycles. The van der Waals surface area contributed by atoms with Crippen LogP contribution in [0.3, 0.4) is 0 Å². The molecule has 0 N–H and O–H groups in total. The molecule has 1 aromatic heterocycles. The van der Waals surface area contributed by atoms with Gasteiger partial charge in [-0.3, -0.25) is 9.48 Å². The maximum absolute atomic E-state index is 10.8. The molecular weight excluding hydrogens is 176 g/mol. The van der Waals surface area contributed by atoms with E-state index in [-0.39, 0.29) is 0 Å². The van der Waals surface area contributed by atoms with Gasteiger partial charge >= 0.3 is 0 Å². The fourth-order valence-corrected chi connectivity index (χ4v) is 1.45. The van der Waals surface area contributed by atoms with Crippen LogP contribution in [-0.2, 0) is 0 Å². The number of hydrogen-bond acceptors (Lipinski definition) is 2. The largest absolute Gasteiger partial charge is 0.298 e. The Labute approximate surface area is 82.3 Å². The molecule has 0 aliphatic rings. The van der Waals surface area contributed by atoms with Crippen molar-refractivity contribution in [1.82, 2.24) is 9.78 Å². The summed E-state index contributed by atoms with van der Waals surface area (Å²) in [6.07, 6.45) is 2.81. The molecule has 0 radical (unpaired) electrons. The predicted octanol–water partition coefficient (Wildman–Crippen LogP) is 2.43. The van der Waals surface area contributed by atoms with Gasteiger partial charge in [0.2, 0.25) is 0 Å². The van der Waals surface area contributed by atoms with Crippen LogP contribution < -0.4 is 0 Å². The van der Waals surface area contributed by atoms with Gasteiger partial charge in [0.05, 0.1) is 0 Å². The number of aromatic nitrogens is 2. The van der Waals surface area contributed by atoms with E-state index in [1.807, 2.05) is 23.0 Å². The molecule has 0 saturated heterocycles. The van der Waals surface area contributed by atoms with Crippen molar-refractivity contribution in [3.05, 3.63) is 30.0 Å². The summed E-state index contributed by atoms with van der Waals surface area (Å²) in [4.78, 5) is 10.8. The number of rotatable bonds is 2. The number of nitrogens with zero attached hydrogens (tertiary/aromatic N) is 2. The summed E-state index contributed by atoms with van der Waals surface area (Å²) in [7, 11) is 0. The Balaban J connectivity index is 2.70. The van der Waals surface area contributed by atoms with Crippen molar-refractivity contribution < 1.29 is 4.79 Å². The Morgan fingerprint density at radius 3 is 2.86 bits per heavy atom. The Hall–Kier alpha value is -1.64. The molecule has 0 saturated carbocycles. The molecule has 0 spiro atoms. The SMILES string of the molecule is CC(C)n1cc2cccc(C=O)c2n1. The normalized spacial score (nSPS) is 11.1. The molecule has 2 rings (SSSR count). The van der Waals surface area contributed by atoms with Gasteiger partial charge in [-0.05, 0) is 19.9 Å². The van der Waals surface area contributed by atoms with E-state index in [0.29, 0.717) is 11.6 Å². The summed E-state index contributed by atoms with van der Waals surface area (Å²) in [6, 6.07) is 5.95. The summed E-state index contributed by atoms with van der Waals surface area (Å²) in [5, 5.41) is 5.39. The second-order valence-electron chi connectivity index (χ2n) is 3.61. The zero-order valence-corrected chi connectivity index (χ0v) is 8.27. The highest BCUT2D eigenvalue weighted by Crippen LogP contribution is 2.17. The van der Waals surface area contributed by atoms with Crippen LogP contribution in [-0.4, -0.2) is 16.1 Å². The van der Waals surface area contributed by atoms with Gasteiger partial charge in [-0.1, -0.05) is 12.1 Å². The topological polar surface area (TPSA) is 34.9 Å². The number of carbonyl (C=O) groups is 1. The maximum atomic E-state index is 10.8. The number of hydrogen-bond donors (Lipinski definition) is 0. The minimum atomic E-state index is 0.321. The summed E-state index contributed by atoms with van der Waals surface area (Å²) >= 11 is 0. The number of aldehydes is 1. The zero-order valence-electron chi connectivity index (χ0n) is 8.27. The van der Waals surface area contributed by atoms with Crippen LogP contribution in [0.5, 0.6) is 0 Å². The van der Waals surface area contributed by atoms with Gasteiger partial charge in [-0.2, -0.15) is 5.10 Å².